The third-order valence-electron chi connectivity index (χ3n) is 6.07. The van der Waals surface area contributed by atoms with Crippen LogP contribution in [0.4, 0.5) is 14.9 Å². The lowest BCUT2D eigenvalue weighted by molar-refractivity contribution is 0.244. The monoisotopic (exact) mass is 488 g/mol. The topological polar surface area (TPSA) is 71.3 Å². The summed E-state index contributed by atoms with van der Waals surface area (Å²) in [6.45, 7) is 5.46. The van der Waals surface area contributed by atoms with Crippen LogP contribution in [-0.2, 0) is 0 Å². The number of urea groups is 1. The summed E-state index contributed by atoms with van der Waals surface area (Å²) >= 11 is 6.01. The molecule has 0 saturated heterocycles. The van der Waals surface area contributed by atoms with Crippen LogP contribution in [0, 0.1) is 19.7 Å². The van der Waals surface area contributed by atoms with Crippen LogP contribution in [0.1, 0.15) is 35.5 Å². The molecule has 5 rings (SSSR count). The second-order valence-electron chi connectivity index (χ2n) is 8.49. The number of amides is 2. The van der Waals surface area contributed by atoms with Crippen LogP contribution in [-0.4, -0.2) is 16.2 Å². The zero-order valence-corrected chi connectivity index (χ0v) is 20.1. The zero-order chi connectivity index (χ0) is 24.7. The maximum absolute atomic E-state index is 14.4. The van der Waals surface area contributed by atoms with Crippen molar-refractivity contribution in [2.24, 2.45) is 0 Å². The molecule has 1 unspecified atom stereocenters. The predicted octanol–water partition coefficient (Wildman–Crippen LogP) is 6.85. The minimum Gasteiger partial charge on any atom is -0.334 e. The number of halogens is 2. The normalized spacial score (nSPS) is 16.0. The number of allylic oxidation sites excluding steroid dienone is 1. The highest BCUT2D eigenvalue weighted by Gasteiger charge is 2.36. The van der Waals surface area contributed by atoms with Crippen molar-refractivity contribution in [3.05, 3.63) is 106 Å². The Hall–Kier alpha value is -3.97. The summed E-state index contributed by atoms with van der Waals surface area (Å²) < 4.78 is 20.1. The summed E-state index contributed by atoms with van der Waals surface area (Å²) in [6.07, 6.45) is 0. The van der Waals surface area contributed by atoms with Gasteiger partial charge in [-0.3, -0.25) is 4.90 Å². The van der Waals surface area contributed by atoms with E-state index in [1.54, 1.807) is 50.2 Å². The Morgan fingerprint density at radius 3 is 2.40 bits per heavy atom. The smallest absolute Gasteiger partial charge is 0.327 e. The molecule has 35 heavy (non-hydrogen) atoms. The van der Waals surface area contributed by atoms with Gasteiger partial charge in [-0.1, -0.05) is 52.7 Å². The van der Waals surface area contributed by atoms with Crippen LogP contribution in [0.15, 0.2) is 77.0 Å². The van der Waals surface area contributed by atoms with Crippen molar-refractivity contribution in [2.45, 2.75) is 26.8 Å². The number of aryl methyl sites for hydroxylation is 2. The van der Waals surface area contributed by atoms with E-state index in [1.807, 2.05) is 31.2 Å². The number of hydrogen-bond acceptors (Lipinski definition) is 4. The van der Waals surface area contributed by atoms with Crippen LogP contribution in [0.5, 0.6) is 0 Å². The van der Waals surface area contributed by atoms with Crippen molar-refractivity contribution in [1.29, 1.82) is 0 Å². The number of carbonyl (C=O) groups is 1. The molecule has 1 aromatic heterocycles. The fourth-order valence-electron chi connectivity index (χ4n) is 4.11. The lowest BCUT2D eigenvalue weighted by atomic mass is 9.94. The Kier molecular flexibility index (Phi) is 5.86. The van der Waals surface area contributed by atoms with E-state index in [0.717, 1.165) is 16.7 Å². The third kappa shape index (κ3) is 4.31. The van der Waals surface area contributed by atoms with E-state index in [0.29, 0.717) is 33.4 Å². The number of hydrogen-bond donors (Lipinski definition) is 1. The molecule has 1 atom stereocenters. The van der Waals surface area contributed by atoms with Gasteiger partial charge in [0.25, 0.3) is 5.89 Å². The van der Waals surface area contributed by atoms with Gasteiger partial charge in [-0.2, -0.15) is 4.98 Å². The number of aromatic nitrogens is 2. The maximum atomic E-state index is 14.4. The Bertz CT molecular complexity index is 1450. The van der Waals surface area contributed by atoms with E-state index in [1.165, 1.54) is 11.0 Å². The summed E-state index contributed by atoms with van der Waals surface area (Å²) in [7, 11) is 0. The molecule has 0 bridgehead atoms. The van der Waals surface area contributed by atoms with E-state index < -0.39 is 11.9 Å². The van der Waals surface area contributed by atoms with Gasteiger partial charge in [-0.15, -0.1) is 0 Å². The first kappa shape index (κ1) is 22.8. The molecule has 1 aliphatic rings. The lowest BCUT2D eigenvalue weighted by Crippen LogP contribution is -2.46. The van der Waals surface area contributed by atoms with E-state index in [-0.39, 0.29) is 11.9 Å². The lowest BCUT2D eigenvalue weighted by Gasteiger charge is -2.35. The first-order valence-corrected chi connectivity index (χ1v) is 11.4. The molecule has 0 saturated carbocycles. The van der Waals surface area contributed by atoms with E-state index in [4.69, 9.17) is 16.1 Å². The molecule has 176 valence electrons. The zero-order valence-electron chi connectivity index (χ0n) is 19.3. The molecule has 1 aliphatic heterocycles. The Morgan fingerprint density at radius 2 is 1.71 bits per heavy atom. The van der Waals surface area contributed by atoms with Crippen LogP contribution >= 0.6 is 11.6 Å². The third-order valence-corrected chi connectivity index (χ3v) is 6.32. The van der Waals surface area contributed by atoms with Gasteiger partial charge < -0.3 is 9.84 Å². The van der Waals surface area contributed by atoms with Crippen molar-refractivity contribution >= 4 is 28.9 Å². The van der Waals surface area contributed by atoms with Gasteiger partial charge >= 0.3 is 6.03 Å². The number of benzene rings is 3. The molecule has 4 aromatic rings. The SMILES string of the molecule is CC1=C(c2nc(-c3ccc(Cl)cc3)no2)C(c2ccc(C)cc2)NC(=O)N1c1ccc(C)c(F)c1. The van der Waals surface area contributed by atoms with E-state index in [2.05, 4.69) is 15.5 Å². The number of carbonyl (C=O) groups excluding carboxylic acids is 1. The van der Waals surface area contributed by atoms with Gasteiger partial charge in [0.1, 0.15) is 5.82 Å². The maximum Gasteiger partial charge on any atom is 0.327 e. The van der Waals surface area contributed by atoms with Crippen molar-refractivity contribution in [3.8, 4) is 11.4 Å². The Morgan fingerprint density at radius 1 is 1.00 bits per heavy atom. The fourth-order valence-corrected chi connectivity index (χ4v) is 4.24. The first-order valence-electron chi connectivity index (χ1n) is 11.1. The standard InChI is InChI=1S/C27H22ClFN4O2/c1-15-4-7-18(8-5-15)24-23(26-31-25(32-35-26)19-9-11-20(28)12-10-19)17(3)33(27(34)30-24)21-13-6-16(2)22(29)14-21/h4-14,24H,1-3H3,(H,30,34). The molecule has 0 radical (unpaired) electrons. The highest BCUT2D eigenvalue weighted by molar-refractivity contribution is 6.30. The number of anilines is 1. The van der Waals surface area contributed by atoms with E-state index >= 15 is 0 Å². The molecule has 8 heteroatoms. The van der Waals surface area contributed by atoms with Gasteiger partial charge in [0, 0.05) is 16.3 Å². The van der Waals surface area contributed by atoms with Gasteiger partial charge in [-0.25, -0.2) is 9.18 Å². The molecule has 2 amide bonds. The number of nitrogens with zero attached hydrogens (tertiary/aromatic N) is 3. The molecular formula is C27H22ClFN4O2. The van der Waals surface area contributed by atoms with Gasteiger partial charge in [0.05, 0.1) is 17.3 Å². The average molecular weight is 489 g/mol. The number of rotatable bonds is 4. The molecule has 1 N–H and O–H groups in total. The van der Waals surface area contributed by atoms with Crippen LogP contribution in [0.3, 0.4) is 0 Å². The van der Waals surface area contributed by atoms with Gasteiger partial charge in [0.15, 0.2) is 0 Å². The second kappa shape index (κ2) is 9.00. The number of nitrogens with one attached hydrogen (secondary N) is 1. The van der Waals surface area contributed by atoms with Crippen molar-refractivity contribution in [3.63, 3.8) is 0 Å². The first-order chi connectivity index (χ1) is 16.8. The summed E-state index contributed by atoms with van der Waals surface area (Å²) in [5.74, 6) is 0.258. The largest absolute Gasteiger partial charge is 0.334 e. The quantitative estimate of drug-likeness (QED) is 0.341. The highest BCUT2D eigenvalue weighted by atomic mass is 35.5. The molecule has 3 aromatic carbocycles. The van der Waals surface area contributed by atoms with Crippen LogP contribution in [0.25, 0.3) is 17.0 Å². The van der Waals surface area contributed by atoms with Crippen molar-refractivity contribution in [1.82, 2.24) is 15.5 Å². The fraction of sp³-hybridized carbons (Fsp3) is 0.148. The molecule has 6 nitrogen and oxygen atoms in total. The van der Waals surface area contributed by atoms with E-state index in [9.17, 15) is 9.18 Å². The minimum absolute atomic E-state index is 0.260. The molecule has 0 aliphatic carbocycles. The molecule has 2 heterocycles. The predicted molar refractivity (Wildman–Crippen MR) is 133 cm³/mol. The van der Waals surface area contributed by atoms with Crippen molar-refractivity contribution < 1.29 is 13.7 Å². The van der Waals surface area contributed by atoms with Crippen molar-refractivity contribution in [2.75, 3.05) is 4.90 Å². The van der Waals surface area contributed by atoms with Crippen LogP contribution in [0.2, 0.25) is 5.02 Å². The van der Waals surface area contributed by atoms with Gasteiger partial charge in [0.2, 0.25) is 5.82 Å². The average Bonchev–Trinajstić information content (AvgIpc) is 3.31. The highest BCUT2D eigenvalue weighted by Crippen LogP contribution is 2.39. The summed E-state index contributed by atoms with van der Waals surface area (Å²) in [5, 5.41) is 7.79. The molecule has 0 fully saturated rings. The second-order valence-corrected chi connectivity index (χ2v) is 8.93. The summed E-state index contributed by atoms with van der Waals surface area (Å²) in [4.78, 5) is 19.3. The van der Waals surface area contributed by atoms with Crippen LogP contribution < -0.4 is 10.2 Å². The van der Waals surface area contributed by atoms with Gasteiger partial charge in [-0.05, 0) is 68.3 Å². The summed E-state index contributed by atoms with van der Waals surface area (Å²) in [5.41, 5.74) is 4.79. The molecule has 0 spiro atoms. The Labute approximate surface area is 207 Å². The minimum atomic E-state index is -0.534. The summed E-state index contributed by atoms with van der Waals surface area (Å²) in [6, 6.07) is 18.7. The molecular weight excluding hydrogens is 467 g/mol. The Balaban J connectivity index is 1.65.